The fourth-order valence-corrected chi connectivity index (χ4v) is 1.19. The molecular weight excluding hydrogens is 134 g/mol. The zero-order valence-electron chi connectivity index (χ0n) is 5.94. The molecule has 1 aliphatic heterocycles. The smallest absolute Gasteiger partial charge is 0.108 e. The van der Waals surface area contributed by atoms with E-state index < -0.39 is 18.3 Å². The Kier molecular flexibility index (Phi) is 2.25. The monoisotopic (exact) mass is 147 g/mol. The van der Waals surface area contributed by atoms with E-state index in [2.05, 4.69) is 0 Å². The second-order valence-electron chi connectivity index (χ2n) is 2.85. The minimum absolute atomic E-state index is 0.429. The van der Waals surface area contributed by atoms with E-state index >= 15 is 0 Å². The van der Waals surface area contributed by atoms with Gasteiger partial charge in [0.25, 0.3) is 0 Å². The van der Waals surface area contributed by atoms with Crippen LogP contribution >= 0.6 is 0 Å². The van der Waals surface area contributed by atoms with Gasteiger partial charge in [0.05, 0.1) is 12.2 Å². The number of aliphatic hydroxyl groups is 3. The molecule has 0 aromatic heterocycles. The van der Waals surface area contributed by atoms with Crippen molar-refractivity contribution in [3.63, 3.8) is 0 Å². The molecule has 2 atom stereocenters. The van der Waals surface area contributed by atoms with Crippen molar-refractivity contribution in [2.24, 2.45) is 0 Å². The Hall–Kier alpha value is -0.160. The number of nitrogens with zero attached hydrogens (tertiary/aromatic N) is 1. The van der Waals surface area contributed by atoms with Crippen LogP contribution in [0.5, 0.6) is 0 Å². The summed E-state index contributed by atoms with van der Waals surface area (Å²) in [6.07, 6.45) is -2.60. The van der Waals surface area contributed by atoms with Crippen LogP contribution in [0.15, 0.2) is 0 Å². The van der Waals surface area contributed by atoms with Crippen LogP contribution in [-0.4, -0.2) is 58.7 Å². The normalized spacial score (nSPS) is 38.4. The molecule has 0 unspecified atom stereocenters. The maximum absolute atomic E-state index is 9.07. The summed E-state index contributed by atoms with van der Waals surface area (Å²) in [4.78, 5) is 1.78. The fourth-order valence-electron chi connectivity index (χ4n) is 1.19. The molecule has 1 fully saturated rings. The summed E-state index contributed by atoms with van der Waals surface area (Å²) in [5.41, 5.74) is 0. The van der Waals surface area contributed by atoms with Crippen LogP contribution in [-0.2, 0) is 0 Å². The number of likely N-dealkylation sites (tertiary alicyclic amines) is 1. The van der Waals surface area contributed by atoms with Gasteiger partial charge in [0.15, 0.2) is 0 Å². The summed E-state index contributed by atoms with van der Waals surface area (Å²) in [5.74, 6) is 0. The van der Waals surface area contributed by atoms with Gasteiger partial charge in [-0.15, -0.1) is 0 Å². The van der Waals surface area contributed by atoms with Gasteiger partial charge in [-0.3, -0.25) is 0 Å². The van der Waals surface area contributed by atoms with Crippen molar-refractivity contribution in [1.29, 1.82) is 0 Å². The van der Waals surface area contributed by atoms with E-state index in [1.54, 1.807) is 11.9 Å². The standard InChI is InChI=1S/C6H13NO3/c1-7-2-4(8)6(10)5(9)3-7/h4-6,8-10H,2-3H2,1H3/t4-,5-/m0/s1. The highest BCUT2D eigenvalue weighted by Crippen LogP contribution is 2.09. The van der Waals surface area contributed by atoms with Crippen LogP contribution in [0.25, 0.3) is 0 Å². The highest BCUT2D eigenvalue weighted by atomic mass is 16.4. The molecule has 1 saturated heterocycles. The SMILES string of the molecule is CN1C[C@H](O)C(O)[C@@H](O)C1. The third-order valence-electron chi connectivity index (χ3n) is 1.79. The molecule has 0 aromatic carbocycles. The van der Waals surface area contributed by atoms with Crippen LogP contribution < -0.4 is 0 Å². The molecular formula is C6H13NO3. The number of hydrogen-bond donors (Lipinski definition) is 3. The van der Waals surface area contributed by atoms with Gasteiger partial charge in [0, 0.05) is 13.1 Å². The molecule has 4 nitrogen and oxygen atoms in total. The molecule has 0 aliphatic carbocycles. The lowest BCUT2D eigenvalue weighted by molar-refractivity contribution is -0.104. The van der Waals surface area contributed by atoms with Crippen molar-refractivity contribution < 1.29 is 15.3 Å². The van der Waals surface area contributed by atoms with Gasteiger partial charge in [-0.2, -0.15) is 0 Å². The Bertz CT molecular complexity index is 108. The van der Waals surface area contributed by atoms with Crippen LogP contribution in [0.1, 0.15) is 0 Å². The van der Waals surface area contributed by atoms with Crippen LogP contribution in [0, 0.1) is 0 Å². The van der Waals surface area contributed by atoms with Gasteiger partial charge < -0.3 is 20.2 Å². The van der Waals surface area contributed by atoms with Crippen molar-refractivity contribution in [3.8, 4) is 0 Å². The van der Waals surface area contributed by atoms with Gasteiger partial charge in [-0.25, -0.2) is 0 Å². The van der Waals surface area contributed by atoms with E-state index in [0.29, 0.717) is 13.1 Å². The molecule has 1 heterocycles. The van der Waals surface area contributed by atoms with Gasteiger partial charge in [0.1, 0.15) is 6.10 Å². The first-order valence-corrected chi connectivity index (χ1v) is 3.34. The lowest BCUT2D eigenvalue weighted by Crippen LogP contribution is -2.53. The minimum Gasteiger partial charge on any atom is -0.389 e. The van der Waals surface area contributed by atoms with Gasteiger partial charge in [0.2, 0.25) is 0 Å². The molecule has 1 rings (SSSR count). The van der Waals surface area contributed by atoms with Gasteiger partial charge >= 0.3 is 0 Å². The zero-order valence-corrected chi connectivity index (χ0v) is 5.94. The molecule has 0 aromatic rings. The van der Waals surface area contributed by atoms with Crippen molar-refractivity contribution in [2.45, 2.75) is 18.3 Å². The number of hydrogen-bond acceptors (Lipinski definition) is 4. The fraction of sp³-hybridized carbons (Fsp3) is 1.00. The average Bonchev–Trinajstić information content (AvgIpc) is 1.82. The summed E-state index contributed by atoms with van der Waals surface area (Å²) in [7, 11) is 1.79. The summed E-state index contributed by atoms with van der Waals surface area (Å²) in [6, 6.07) is 0. The van der Waals surface area contributed by atoms with Crippen LogP contribution in [0.2, 0.25) is 0 Å². The van der Waals surface area contributed by atoms with E-state index in [1.165, 1.54) is 0 Å². The molecule has 4 heteroatoms. The molecule has 10 heavy (non-hydrogen) atoms. The number of rotatable bonds is 0. The molecule has 3 N–H and O–H groups in total. The van der Waals surface area contributed by atoms with E-state index in [-0.39, 0.29) is 0 Å². The molecule has 0 spiro atoms. The Morgan fingerprint density at radius 2 is 1.50 bits per heavy atom. The summed E-state index contributed by atoms with van der Waals surface area (Å²) in [5, 5.41) is 27.2. The maximum Gasteiger partial charge on any atom is 0.108 e. The Labute approximate surface area is 59.7 Å². The molecule has 0 bridgehead atoms. The van der Waals surface area contributed by atoms with Crippen molar-refractivity contribution in [3.05, 3.63) is 0 Å². The van der Waals surface area contributed by atoms with E-state index in [1.807, 2.05) is 0 Å². The first-order valence-electron chi connectivity index (χ1n) is 3.34. The molecule has 1 aliphatic rings. The predicted molar refractivity (Wildman–Crippen MR) is 35.5 cm³/mol. The van der Waals surface area contributed by atoms with Crippen LogP contribution in [0.4, 0.5) is 0 Å². The zero-order chi connectivity index (χ0) is 7.72. The minimum atomic E-state index is -0.976. The average molecular weight is 147 g/mol. The molecule has 0 saturated carbocycles. The Balaban J connectivity index is 2.49. The van der Waals surface area contributed by atoms with E-state index in [9.17, 15) is 0 Å². The number of aliphatic hydroxyl groups excluding tert-OH is 3. The second kappa shape index (κ2) is 2.84. The van der Waals surface area contributed by atoms with Crippen molar-refractivity contribution in [2.75, 3.05) is 20.1 Å². The second-order valence-corrected chi connectivity index (χ2v) is 2.85. The largest absolute Gasteiger partial charge is 0.389 e. The maximum atomic E-state index is 9.07. The molecule has 0 amide bonds. The third kappa shape index (κ3) is 1.46. The molecule has 60 valence electrons. The third-order valence-corrected chi connectivity index (χ3v) is 1.79. The lowest BCUT2D eigenvalue weighted by atomic mass is 10.0. The summed E-state index contributed by atoms with van der Waals surface area (Å²) >= 11 is 0. The summed E-state index contributed by atoms with van der Waals surface area (Å²) in [6.45, 7) is 0.858. The topological polar surface area (TPSA) is 63.9 Å². The van der Waals surface area contributed by atoms with Crippen molar-refractivity contribution in [1.82, 2.24) is 4.90 Å². The Morgan fingerprint density at radius 1 is 1.10 bits per heavy atom. The highest BCUT2D eigenvalue weighted by Gasteiger charge is 2.31. The van der Waals surface area contributed by atoms with E-state index in [0.717, 1.165) is 0 Å². The van der Waals surface area contributed by atoms with E-state index in [4.69, 9.17) is 15.3 Å². The first-order chi connectivity index (χ1) is 4.61. The van der Waals surface area contributed by atoms with Crippen LogP contribution in [0.3, 0.4) is 0 Å². The quantitative estimate of drug-likeness (QED) is 0.371. The Morgan fingerprint density at radius 3 is 1.90 bits per heavy atom. The van der Waals surface area contributed by atoms with Gasteiger partial charge in [-0.1, -0.05) is 0 Å². The van der Waals surface area contributed by atoms with Gasteiger partial charge in [-0.05, 0) is 7.05 Å². The highest BCUT2D eigenvalue weighted by molar-refractivity contribution is 4.84. The predicted octanol–water partition coefficient (Wildman–Crippen LogP) is -1.99. The number of piperidine rings is 1. The van der Waals surface area contributed by atoms with Crippen molar-refractivity contribution >= 4 is 0 Å². The summed E-state index contributed by atoms with van der Waals surface area (Å²) < 4.78 is 0. The first kappa shape index (κ1) is 7.94. The molecule has 0 radical (unpaired) electrons. The number of likely N-dealkylation sites (N-methyl/N-ethyl adjacent to an activating group) is 1. The number of β-amino-alcohol motifs (C(OH)–C–C–N with tert-alkyl or cyclic N) is 2. The lowest BCUT2D eigenvalue weighted by Gasteiger charge is -2.34.